The van der Waals surface area contributed by atoms with Gasteiger partial charge in [-0.05, 0) is 38.3 Å². The second-order valence-electron chi connectivity index (χ2n) is 5.75. The maximum atomic E-state index is 4.65. The van der Waals surface area contributed by atoms with Crippen molar-refractivity contribution in [3.63, 3.8) is 0 Å². The van der Waals surface area contributed by atoms with Crippen LogP contribution < -0.4 is 10.6 Å². The van der Waals surface area contributed by atoms with Gasteiger partial charge in [0.2, 0.25) is 0 Å². The molecule has 2 N–H and O–H groups in total. The van der Waals surface area contributed by atoms with Crippen LogP contribution in [0.25, 0.3) is 0 Å². The molecule has 0 aliphatic rings. The molecule has 2 aromatic rings. The number of halogens is 1. The van der Waals surface area contributed by atoms with Gasteiger partial charge in [-0.3, -0.25) is 4.68 Å². The molecule has 0 saturated carbocycles. The highest BCUT2D eigenvalue weighted by atomic mass is 127. The second-order valence-corrected chi connectivity index (χ2v) is 5.75. The van der Waals surface area contributed by atoms with Crippen molar-refractivity contribution in [1.82, 2.24) is 20.4 Å². The first-order valence-corrected chi connectivity index (χ1v) is 8.24. The third-order valence-electron chi connectivity index (χ3n) is 3.47. The quantitative estimate of drug-likeness (QED) is 0.300. The van der Waals surface area contributed by atoms with Crippen LogP contribution in [-0.4, -0.2) is 28.8 Å². The number of nitrogens with zero attached hydrogens (tertiary/aromatic N) is 3. The molecule has 0 atom stereocenters. The molecule has 0 unspecified atom stereocenters. The molecular weight excluding hydrogens is 413 g/mol. The Labute approximate surface area is 162 Å². The number of benzene rings is 1. The van der Waals surface area contributed by atoms with Crippen LogP contribution in [0.4, 0.5) is 0 Å². The zero-order valence-electron chi connectivity index (χ0n) is 14.7. The van der Waals surface area contributed by atoms with E-state index >= 15 is 0 Å². The normalized spacial score (nSPS) is 11.0. The lowest BCUT2D eigenvalue weighted by Crippen LogP contribution is -2.38. The SMILES string of the molecule is CCNC(=NCc1cccc(C)c1)NCCCn1cc(C)cn1.I. The minimum absolute atomic E-state index is 0. The van der Waals surface area contributed by atoms with E-state index in [4.69, 9.17) is 0 Å². The van der Waals surface area contributed by atoms with Crippen molar-refractivity contribution in [2.75, 3.05) is 13.1 Å². The molecule has 0 aliphatic heterocycles. The Morgan fingerprint density at radius 3 is 2.71 bits per heavy atom. The van der Waals surface area contributed by atoms with Gasteiger partial charge in [-0.2, -0.15) is 5.10 Å². The molecule has 0 amide bonds. The Morgan fingerprint density at radius 2 is 2.04 bits per heavy atom. The summed E-state index contributed by atoms with van der Waals surface area (Å²) < 4.78 is 1.98. The Hall–Kier alpha value is -1.57. The van der Waals surface area contributed by atoms with Crippen LogP contribution in [0.2, 0.25) is 0 Å². The molecule has 0 spiro atoms. The summed E-state index contributed by atoms with van der Waals surface area (Å²) in [5, 5.41) is 11.0. The molecule has 1 heterocycles. The number of hydrogen-bond acceptors (Lipinski definition) is 2. The van der Waals surface area contributed by atoms with E-state index in [2.05, 4.69) is 72.0 Å². The summed E-state index contributed by atoms with van der Waals surface area (Å²) in [5.74, 6) is 0.866. The van der Waals surface area contributed by atoms with Gasteiger partial charge in [-0.1, -0.05) is 29.8 Å². The highest BCUT2D eigenvalue weighted by Crippen LogP contribution is 2.05. The number of rotatable bonds is 7. The van der Waals surface area contributed by atoms with Gasteiger partial charge in [0.25, 0.3) is 0 Å². The minimum Gasteiger partial charge on any atom is -0.357 e. The molecule has 1 aromatic carbocycles. The number of aromatic nitrogens is 2. The van der Waals surface area contributed by atoms with Crippen LogP contribution >= 0.6 is 24.0 Å². The first-order valence-electron chi connectivity index (χ1n) is 8.24. The summed E-state index contributed by atoms with van der Waals surface area (Å²) in [5.41, 5.74) is 3.70. The highest BCUT2D eigenvalue weighted by molar-refractivity contribution is 14.0. The van der Waals surface area contributed by atoms with Crippen LogP contribution in [-0.2, 0) is 13.1 Å². The largest absolute Gasteiger partial charge is 0.357 e. The summed E-state index contributed by atoms with van der Waals surface area (Å²) in [6.45, 7) is 9.58. The number of hydrogen-bond donors (Lipinski definition) is 2. The van der Waals surface area contributed by atoms with Crippen molar-refractivity contribution >= 4 is 29.9 Å². The molecule has 2 rings (SSSR count). The Balaban J connectivity index is 0.00000288. The Kier molecular flexibility index (Phi) is 9.44. The fourth-order valence-electron chi connectivity index (χ4n) is 2.36. The van der Waals surface area contributed by atoms with Gasteiger partial charge in [-0.25, -0.2) is 4.99 Å². The summed E-state index contributed by atoms with van der Waals surface area (Å²) in [6.07, 6.45) is 4.97. The van der Waals surface area contributed by atoms with E-state index in [0.29, 0.717) is 6.54 Å². The van der Waals surface area contributed by atoms with Gasteiger partial charge >= 0.3 is 0 Å². The van der Waals surface area contributed by atoms with Gasteiger partial charge in [0, 0.05) is 25.8 Å². The minimum atomic E-state index is 0. The van der Waals surface area contributed by atoms with Crippen molar-refractivity contribution in [3.8, 4) is 0 Å². The lowest BCUT2D eigenvalue weighted by molar-refractivity contribution is 0.570. The van der Waals surface area contributed by atoms with Crippen LogP contribution in [0.15, 0.2) is 41.7 Å². The molecule has 5 nitrogen and oxygen atoms in total. The predicted octanol–water partition coefficient (Wildman–Crippen LogP) is 3.26. The second kappa shape index (κ2) is 11.1. The standard InChI is InChI=1S/C18H27N5.HI/c1-4-19-18(21-13-17-8-5-7-15(2)11-17)20-9-6-10-23-14-16(3)12-22-23;/h5,7-8,11-12,14H,4,6,9-10,13H2,1-3H3,(H2,19,20,21);1H. The first kappa shape index (κ1) is 20.5. The molecule has 0 saturated heterocycles. The van der Waals surface area contributed by atoms with Crippen molar-refractivity contribution in [2.45, 2.75) is 40.3 Å². The van der Waals surface area contributed by atoms with Crippen LogP contribution in [0.3, 0.4) is 0 Å². The van der Waals surface area contributed by atoms with E-state index in [-0.39, 0.29) is 24.0 Å². The molecule has 0 bridgehead atoms. The van der Waals surface area contributed by atoms with Crippen molar-refractivity contribution in [2.24, 2.45) is 4.99 Å². The first-order chi connectivity index (χ1) is 11.2. The Morgan fingerprint density at radius 1 is 1.21 bits per heavy atom. The van der Waals surface area contributed by atoms with E-state index < -0.39 is 0 Å². The number of aryl methyl sites for hydroxylation is 3. The monoisotopic (exact) mass is 441 g/mol. The van der Waals surface area contributed by atoms with E-state index in [1.165, 1.54) is 16.7 Å². The van der Waals surface area contributed by atoms with Crippen molar-refractivity contribution in [3.05, 3.63) is 53.3 Å². The van der Waals surface area contributed by atoms with Gasteiger partial charge in [0.1, 0.15) is 0 Å². The fourth-order valence-corrected chi connectivity index (χ4v) is 2.36. The van der Waals surface area contributed by atoms with Crippen LogP contribution in [0, 0.1) is 13.8 Å². The third kappa shape index (κ3) is 7.33. The van der Waals surface area contributed by atoms with Gasteiger partial charge in [-0.15, -0.1) is 24.0 Å². The smallest absolute Gasteiger partial charge is 0.191 e. The Bertz CT molecular complexity index is 636. The summed E-state index contributed by atoms with van der Waals surface area (Å²) >= 11 is 0. The molecular formula is C18H28IN5. The van der Waals surface area contributed by atoms with E-state index in [1.807, 2.05) is 10.9 Å². The number of aliphatic imine (C=N–C) groups is 1. The lowest BCUT2D eigenvalue weighted by atomic mass is 10.1. The molecule has 132 valence electrons. The number of guanidine groups is 1. The number of nitrogens with one attached hydrogen (secondary N) is 2. The van der Waals surface area contributed by atoms with Gasteiger partial charge in [0.05, 0.1) is 12.7 Å². The summed E-state index contributed by atoms with van der Waals surface area (Å²) in [6, 6.07) is 8.47. The van der Waals surface area contributed by atoms with E-state index in [1.54, 1.807) is 0 Å². The van der Waals surface area contributed by atoms with Crippen LogP contribution in [0.1, 0.15) is 30.0 Å². The topological polar surface area (TPSA) is 54.2 Å². The third-order valence-corrected chi connectivity index (χ3v) is 3.47. The molecule has 0 aliphatic carbocycles. The molecule has 1 aromatic heterocycles. The predicted molar refractivity (Wildman–Crippen MR) is 111 cm³/mol. The fraction of sp³-hybridized carbons (Fsp3) is 0.444. The lowest BCUT2D eigenvalue weighted by Gasteiger charge is -2.11. The average Bonchev–Trinajstić information content (AvgIpc) is 2.94. The average molecular weight is 441 g/mol. The molecule has 0 radical (unpaired) electrons. The molecule has 6 heteroatoms. The summed E-state index contributed by atoms with van der Waals surface area (Å²) in [7, 11) is 0. The maximum absolute atomic E-state index is 4.65. The van der Waals surface area contributed by atoms with Crippen molar-refractivity contribution < 1.29 is 0 Å². The zero-order chi connectivity index (χ0) is 16.5. The van der Waals surface area contributed by atoms with Crippen molar-refractivity contribution in [1.29, 1.82) is 0 Å². The molecule has 24 heavy (non-hydrogen) atoms. The maximum Gasteiger partial charge on any atom is 0.191 e. The molecule has 0 fully saturated rings. The summed E-state index contributed by atoms with van der Waals surface area (Å²) in [4.78, 5) is 4.65. The van der Waals surface area contributed by atoms with E-state index in [0.717, 1.165) is 32.0 Å². The van der Waals surface area contributed by atoms with E-state index in [9.17, 15) is 0 Å². The zero-order valence-corrected chi connectivity index (χ0v) is 17.1. The van der Waals surface area contributed by atoms with Gasteiger partial charge in [0.15, 0.2) is 5.96 Å². The highest BCUT2D eigenvalue weighted by Gasteiger charge is 1.99. The van der Waals surface area contributed by atoms with Crippen LogP contribution in [0.5, 0.6) is 0 Å². The van der Waals surface area contributed by atoms with Gasteiger partial charge < -0.3 is 10.6 Å².